The second-order valence-corrected chi connectivity index (χ2v) is 7.46. The van der Waals surface area contributed by atoms with Crippen LogP contribution in [0.25, 0.3) is 0 Å². The number of hydrogen-bond donors (Lipinski definition) is 1. The number of aliphatic imine (C=N–C) groups is 1. The summed E-state index contributed by atoms with van der Waals surface area (Å²) in [7, 11) is 3.54. The minimum Gasteiger partial charge on any atom is -0.375 e. The lowest BCUT2D eigenvalue weighted by atomic mass is 10.1. The Morgan fingerprint density at radius 1 is 1.12 bits per heavy atom. The summed E-state index contributed by atoms with van der Waals surface area (Å²) >= 11 is 0. The Morgan fingerprint density at radius 3 is 2.50 bits per heavy atom. The molecule has 0 aromatic rings. The average Bonchev–Trinajstić information content (AvgIpc) is 3.31. The molecule has 2 atom stereocenters. The molecule has 0 aromatic heterocycles. The van der Waals surface area contributed by atoms with Gasteiger partial charge in [0.1, 0.15) is 12.6 Å². The molecule has 3 aliphatic rings. The molecule has 2 aliphatic heterocycles. The highest BCUT2D eigenvalue weighted by Gasteiger charge is 2.33. The van der Waals surface area contributed by atoms with Crippen LogP contribution in [0.4, 0.5) is 0 Å². The van der Waals surface area contributed by atoms with Crippen molar-refractivity contribution in [3.8, 4) is 0 Å². The number of amides is 1. The molecule has 3 rings (SSSR count). The van der Waals surface area contributed by atoms with E-state index in [0.29, 0.717) is 12.6 Å². The van der Waals surface area contributed by atoms with Gasteiger partial charge in [0.05, 0.1) is 12.7 Å². The summed E-state index contributed by atoms with van der Waals surface area (Å²) < 4.78 is 11.8. The van der Waals surface area contributed by atoms with E-state index >= 15 is 0 Å². The zero-order valence-electron chi connectivity index (χ0n) is 16.0. The van der Waals surface area contributed by atoms with Gasteiger partial charge in [0, 0.05) is 39.8 Å². The van der Waals surface area contributed by atoms with E-state index in [0.717, 1.165) is 38.5 Å². The van der Waals surface area contributed by atoms with E-state index in [1.807, 2.05) is 0 Å². The van der Waals surface area contributed by atoms with E-state index in [1.165, 1.54) is 25.7 Å². The van der Waals surface area contributed by atoms with Crippen molar-refractivity contribution in [1.29, 1.82) is 0 Å². The Morgan fingerprint density at radius 2 is 1.85 bits per heavy atom. The normalized spacial score (nSPS) is 27.3. The summed E-state index contributed by atoms with van der Waals surface area (Å²) in [5, 5.41) is 3.60. The summed E-state index contributed by atoms with van der Waals surface area (Å²) in [6, 6.07) is 0.470. The van der Waals surface area contributed by atoms with Gasteiger partial charge in [-0.1, -0.05) is 12.8 Å². The summed E-state index contributed by atoms with van der Waals surface area (Å²) in [4.78, 5) is 20.4. The lowest BCUT2D eigenvalue weighted by Crippen LogP contribution is -2.54. The lowest BCUT2D eigenvalue weighted by molar-refractivity contribution is -0.127. The molecule has 7 nitrogen and oxygen atoms in total. The van der Waals surface area contributed by atoms with Gasteiger partial charge in [-0.3, -0.25) is 4.79 Å². The number of nitrogens with one attached hydrogen (secondary N) is 1. The minimum atomic E-state index is 0. The first-order valence-electron chi connectivity index (χ1n) is 9.63. The SMILES string of the molecule is CN(C)C(=O)CN=C(NC1CCCC1)N1CCOC(C2CCCO2)C1.I. The number of nitrogens with zero attached hydrogens (tertiary/aromatic N) is 3. The van der Waals surface area contributed by atoms with Crippen molar-refractivity contribution in [3.63, 3.8) is 0 Å². The first-order valence-corrected chi connectivity index (χ1v) is 9.63. The lowest BCUT2D eigenvalue weighted by Gasteiger charge is -2.38. The van der Waals surface area contributed by atoms with Crippen molar-refractivity contribution in [2.24, 2.45) is 4.99 Å². The van der Waals surface area contributed by atoms with Gasteiger partial charge in [0.2, 0.25) is 5.91 Å². The molecule has 3 fully saturated rings. The maximum atomic E-state index is 12.0. The van der Waals surface area contributed by atoms with Crippen LogP contribution in [-0.4, -0.2) is 86.9 Å². The molecule has 0 radical (unpaired) electrons. The molecule has 1 aliphatic carbocycles. The van der Waals surface area contributed by atoms with Crippen LogP contribution in [0.5, 0.6) is 0 Å². The predicted octanol–water partition coefficient (Wildman–Crippen LogP) is 1.46. The molecule has 1 amide bonds. The molecule has 26 heavy (non-hydrogen) atoms. The number of rotatable bonds is 4. The highest BCUT2D eigenvalue weighted by Crippen LogP contribution is 2.22. The third-order valence-corrected chi connectivity index (χ3v) is 5.32. The van der Waals surface area contributed by atoms with Gasteiger partial charge in [-0.15, -0.1) is 24.0 Å². The molecule has 1 N–H and O–H groups in total. The number of halogens is 1. The average molecular weight is 480 g/mol. The maximum Gasteiger partial charge on any atom is 0.243 e. The fourth-order valence-corrected chi connectivity index (χ4v) is 3.76. The molecule has 0 spiro atoms. The first kappa shape index (κ1) is 21.7. The summed E-state index contributed by atoms with van der Waals surface area (Å²) in [6.07, 6.45) is 7.37. The van der Waals surface area contributed by atoms with Gasteiger partial charge in [-0.2, -0.15) is 0 Å². The summed E-state index contributed by atoms with van der Waals surface area (Å²) in [5.74, 6) is 0.878. The van der Waals surface area contributed by atoms with Crippen molar-refractivity contribution >= 4 is 35.8 Å². The smallest absolute Gasteiger partial charge is 0.243 e. The topological polar surface area (TPSA) is 66.4 Å². The van der Waals surface area contributed by atoms with Gasteiger partial charge in [-0.05, 0) is 25.7 Å². The van der Waals surface area contributed by atoms with Gasteiger partial charge >= 0.3 is 0 Å². The van der Waals surface area contributed by atoms with Crippen LogP contribution in [0.15, 0.2) is 4.99 Å². The van der Waals surface area contributed by atoms with Gasteiger partial charge < -0.3 is 24.6 Å². The first-order chi connectivity index (χ1) is 12.1. The van der Waals surface area contributed by atoms with E-state index in [9.17, 15) is 4.79 Å². The Kier molecular flexibility index (Phi) is 8.89. The number of carbonyl (C=O) groups is 1. The van der Waals surface area contributed by atoms with E-state index in [4.69, 9.17) is 9.47 Å². The van der Waals surface area contributed by atoms with Gasteiger partial charge in [0.15, 0.2) is 5.96 Å². The molecule has 150 valence electrons. The molecule has 1 saturated carbocycles. The highest BCUT2D eigenvalue weighted by molar-refractivity contribution is 14.0. The van der Waals surface area contributed by atoms with Crippen LogP contribution in [0.1, 0.15) is 38.5 Å². The standard InChI is InChI=1S/C18H32N4O3.HI/c1-21(2)17(23)12-19-18(20-14-6-3-4-7-14)22-9-11-25-16(13-22)15-8-5-10-24-15;/h14-16H,3-13H2,1-2H3,(H,19,20);1H. The van der Waals surface area contributed by atoms with Crippen LogP contribution < -0.4 is 5.32 Å². The van der Waals surface area contributed by atoms with E-state index in [2.05, 4.69) is 15.2 Å². The van der Waals surface area contributed by atoms with Gasteiger partial charge in [-0.25, -0.2) is 4.99 Å². The third kappa shape index (κ3) is 5.95. The van der Waals surface area contributed by atoms with Crippen LogP contribution >= 0.6 is 24.0 Å². The molecule has 0 bridgehead atoms. The number of morpholine rings is 1. The van der Waals surface area contributed by atoms with E-state index in [1.54, 1.807) is 19.0 Å². The van der Waals surface area contributed by atoms with Gasteiger partial charge in [0.25, 0.3) is 0 Å². The van der Waals surface area contributed by atoms with Crippen molar-refractivity contribution in [1.82, 2.24) is 15.1 Å². The molecule has 2 heterocycles. The zero-order valence-corrected chi connectivity index (χ0v) is 18.3. The predicted molar refractivity (Wildman–Crippen MR) is 112 cm³/mol. The second kappa shape index (κ2) is 10.7. The second-order valence-electron chi connectivity index (χ2n) is 7.46. The van der Waals surface area contributed by atoms with E-state index < -0.39 is 0 Å². The quantitative estimate of drug-likeness (QED) is 0.375. The molecule has 2 saturated heterocycles. The highest BCUT2D eigenvalue weighted by atomic mass is 127. The Hall–Kier alpha value is -0.610. The fourth-order valence-electron chi connectivity index (χ4n) is 3.76. The summed E-state index contributed by atoms with van der Waals surface area (Å²) in [6.45, 7) is 3.28. The maximum absolute atomic E-state index is 12.0. The monoisotopic (exact) mass is 480 g/mol. The number of hydrogen-bond acceptors (Lipinski definition) is 4. The number of ether oxygens (including phenoxy) is 2. The third-order valence-electron chi connectivity index (χ3n) is 5.32. The zero-order chi connectivity index (χ0) is 17.6. The molecule has 0 aromatic carbocycles. The molecule has 8 heteroatoms. The van der Waals surface area contributed by atoms with Crippen molar-refractivity contribution < 1.29 is 14.3 Å². The number of carbonyl (C=O) groups excluding carboxylic acids is 1. The minimum absolute atomic E-state index is 0. The van der Waals surface area contributed by atoms with E-state index in [-0.39, 0.29) is 48.6 Å². The number of likely N-dealkylation sites (N-methyl/N-ethyl adjacent to an activating group) is 1. The molecular weight excluding hydrogens is 447 g/mol. The Labute approximate surface area is 173 Å². The van der Waals surface area contributed by atoms with Crippen LogP contribution in [-0.2, 0) is 14.3 Å². The van der Waals surface area contributed by atoms with Crippen LogP contribution in [0.3, 0.4) is 0 Å². The Balaban J connectivity index is 0.00000243. The van der Waals surface area contributed by atoms with Crippen molar-refractivity contribution in [3.05, 3.63) is 0 Å². The fraction of sp³-hybridized carbons (Fsp3) is 0.889. The molecular formula is C18H33IN4O3. The summed E-state index contributed by atoms with van der Waals surface area (Å²) in [5.41, 5.74) is 0. The Bertz CT molecular complexity index is 477. The van der Waals surface area contributed by atoms with Crippen LogP contribution in [0, 0.1) is 0 Å². The largest absolute Gasteiger partial charge is 0.375 e. The van der Waals surface area contributed by atoms with Crippen molar-refractivity contribution in [2.75, 3.05) is 46.9 Å². The molecule has 2 unspecified atom stereocenters. The van der Waals surface area contributed by atoms with Crippen molar-refractivity contribution in [2.45, 2.75) is 56.8 Å². The number of guanidine groups is 1. The van der Waals surface area contributed by atoms with Crippen LogP contribution in [0.2, 0.25) is 0 Å².